The van der Waals surface area contributed by atoms with E-state index in [4.69, 9.17) is 16.3 Å². The number of rotatable bonds is 4. The highest BCUT2D eigenvalue weighted by Gasteiger charge is 2.20. The molecule has 5 rings (SSSR count). The van der Waals surface area contributed by atoms with Crippen LogP contribution in [0.4, 0.5) is 11.4 Å². The number of benzene rings is 2. The molecule has 2 aromatic heterocycles. The molecule has 0 saturated carbocycles. The van der Waals surface area contributed by atoms with E-state index < -0.39 is 17.1 Å². The zero-order chi connectivity index (χ0) is 25.6. The maximum atomic E-state index is 12.6. The minimum Gasteiger partial charge on any atom is -0.493 e. The Bertz CT molecular complexity index is 1670. The van der Waals surface area contributed by atoms with E-state index >= 15 is 0 Å². The van der Waals surface area contributed by atoms with Crippen molar-refractivity contribution in [2.75, 3.05) is 31.2 Å². The second kappa shape index (κ2) is 9.17. The first-order chi connectivity index (χ1) is 17.3. The molecule has 2 N–H and O–H groups in total. The summed E-state index contributed by atoms with van der Waals surface area (Å²) in [6, 6.07) is 9.86. The summed E-state index contributed by atoms with van der Waals surface area (Å²) in [5.74, 6) is -0.559. The second-order valence-corrected chi connectivity index (χ2v) is 8.83. The summed E-state index contributed by atoms with van der Waals surface area (Å²) in [6.45, 7) is 2.34. The first kappa shape index (κ1) is 23.6. The summed E-state index contributed by atoms with van der Waals surface area (Å²) in [7, 11) is 3.37. The first-order valence-electron chi connectivity index (χ1n) is 11.2. The Kier molecular flexibility index (Phi) is 6.02. The monoisotopic (exact) mass is 510 g/mol. The van der Waals surface area contributed by atoms with Crippen LogP contribution in [0.5, 0.6) is 5.88 Å². The highest BCUT2D eigenvalue weighted by molar-refractivity contribution is 6.30. The van der Waals surface area contributed by atoms with Gasteiger partial charge in [-0.2, -0.15) is 0 Å². The molecule has 12 heteroatoms. The fourth-order valence-corrected chi connectivity index (χ4v) is 4.43. The lowest BCUT2D eigenvalue weighted by Crippen LogP contribution is -2.36. The molecule has 186 valence electrons. The third-order valence-corrected chi connectivity index (χ3v) is 6.51. The van der Waals surface area contributed by atoms with Crippen LogP contribution in [0.3, 0.4) is 0 Å². The molecule has 0 atom stereocenters. The molecular formula is C24H23ClN6O5. The lowest BCUT2D eigenvalue weighted by Gasteiger charge is -2.30. The van der Waals surface area contributed by atoms with Crippen LogP contribution < -0.4 is 21.8 Å². The minimum atomic E-state index is -0.799. The molecule has 0 radical (unpaired) electrons. The molecule has 1 fully saturated rings. The van der Waals surface area contributed by atoms with Gasteiger partial charge in [-0.25, -0.2) is 14.2 Å². The van der Waals surface area contributed by atoms with E-state index in [0.29, 0.717) is 48.2 Å². The van der Waals surface area contributed by atoms with E-state index in [1.165, 1.54) is 10.8 Å². The molecule has 0 spiro atoms. The number of nitrogens with one attached hydrogen (secondary N) is 1. The van der Waals surface area contributed by atoms with Crippen molar-refractivity contribution in [1.29, 1.82) is 0 Å². The third-order valence-electron chi connectivity index (χ3n) is 6.26. The van der Waals surface area contributed by atoms with Gasteiger partial charge in [-0.3, -0.25) is 23.9 Å². The Hall–Kier alpha value is -4.09. The highest BCUT2D eigenvalue weighted by atomic mass is 35.5. The highest BCUT2D eigenvalue weighted by Crippen LogP contribution is 2.34. The summed E-state index contributed by atoms with van der Waals surface area (Å²) in [6.07, 6.45) is 1.21. The van der Waals surface area contributed by atoms with Crippen molar-refractivity contribution in [3.8, 4) is 11.6 Å². The number of aryl methyl sites for hydroxylation is 2. The average Bonchev–Trinajstić information content (AvgIpc) is 3.08. The number of aromatic nitrogens is 4. The SMILES string of the molecule is Cn1c(=O)n(C)c2cc(N3CCOCC3)c(N=Cc3c(O)n(-c4ccc(Cl)cc4)c(=O)[nH]c3=O)cc21. The minimum absolute atomic E-state index is 0.178. The molecule has 3 heterocycles. The predicted octanol–water partition coefficient (Wildman–Crippen LogP) is 1.66. The summed E-state index contributed by atoms with van der Waals surface area (Å²) < 4.78 is 9.51. The van der Waals surface area contributed by atoms with Gasteiger partial charge in [0, 0.05) is 38.4 Å². The Labute approximate surface area is 209 Å². The van der Waals surface area contributed by atoms with E-state index in [-0.39, 0.29) is 11.3 Å². The van der Waals surface area contributed by atoms with Gasteiger partial charge in [-0.1, -0.05) is 11.6 Å². The number of aliphatic imine (C=N–C) groups is 1. The van der Waals surface area contributed by atoms with Crippen LogP contribution in [0.1, 0.15) is 5.56 Å². The number of hydrogen-bond donors (Lipinski definition) is 2. The van der Waals surface area contributed by atoms with Gasteiger partial charge in [0.2, 0.25) is 5.88 Å². The number of fused-ring (bicyclic) bond motifs is 1. The number of anilines is 1. The molecule has 0 bridgehead atoms. The Balaban J connectivity index is 1.67. The van der Waals surface area contributed by atoms with E-state index in [1.54, 1.807) is 49.0 Å². The maximum Gasteiger partial charge on any atom is 0.335 e. The first-order valence-corrected chi connectivity index (χ1v) is 11.5. The van der Waals surface area contributed by atoms with Crippen molar-refractivity contribution in [2.45, 2.75) is 0 Å². The number of imidazole rings is 1. The number of hydrogen-bond acceptors (Lipinski definition) is 7. The van der Waals surface area contributed by atoms with Crippen molar-refractivity contribution < 1.29 is 9.84 Å². The molecule has 0 unspecified atom stereocenters. The third kappa shape index (κ3) is 4.01. The predicted molar refractivity (Wildman–Crippen MR) is 138 cm³/mol. The summed E-state index contributed by atoms with van der Waals surface area (Å²) in [5, 5.41) is 11.3. The van der Waals surface area contributed by atoms with Crippen molar-refractivity contribution in [3.05, 3.63) is 78.3 Å². The van der Waals surface area contributed by atoms with Crippen LogP contribution in [0, 0.1) is 0 Å². The molecule has 2 aromatic carbocycles. The molecule has 4 aromatic rings. The zero-order valence-corrected chi connectivity index (χ0v) is 20.3. The van der Waals surface area contributed by atoms with Gasteiger partial charge in [0.1, 0.15) is 5.56 Å². The second-order valence-electron chi connectivity index (χ2n) is 8.40. The van der Waals surface area contributed by atoms with Crippen molar-refractivity contribution >= 4 is 40.2 Å². The Morgan fingerprint density at radius 1 is 1.03 bits per heavy atom. The molecule has 1 aliphatic heterocycles. The summed E-state index contributed by atoms with van der Waals surface area (Å²) in [4.78, 5) is 46.4. The quantitative estimate of drug-likeness (QED) is 0.402. The largest absolute Gasteiger partial charge is 0.493 e. The van der Waals surface area contributed by atoms with E-state index in [9.17, 15) is 19.5 Å². The van der Waals surface area contributed by atoms with Crippen LogP contribution in [0.15, 0.2) is 55.8 Å². The van der Waals surface area contributed by atoms with E-state index in [2.05, 4.69) is 14.9 Å². The van der Waals surface area contributed by atoms with Gasteiger partial charge in [0.15, 0.2) is 0 Å². The normalized spacial score (nSPS) is 14.2. The van der Waals surface area contributed by atoms with Crippen molar-refractivity contribution in [1.82, 2.24) is 18.7 Å². The standard InChI is InChI=1S/C24H23ClN6O5/c1-28-19-11-17(18(30-7-9-36-10-8-30)12-20(19)29(2)24(28)35)26-13-16-21(32)27-23(34)31(22(16)33)15-5-3-14(25)4-6-15/h3-6,11-13,33H,7-10H2,1-2H3,(H,27,32,34). The van der Waals surface area contributed by atoms with Gasteiger partial charge in [0.05, 0.1) is 41.3 Å². The van der Waals surface area contributed by atoms with Gasteiger partial charge < -0.3 is 14.7 Å². The van der Waals surface area contributed by atoms with Gasteiger partial charge in [0.25, 0.3) is 5.56 Å². The summed E-state index contributed by atoms with van der Waals surface area (Å²) in [5.41, 5.74) is 1.01. The fourth-order valence-electron chi connectivity index (χ4n) is 4.30. The fraction of sp³-hybridized carbons (Fsp3) is 0.250. The van der Waals surface area contributed by atoms with Gasteiger partial charge in [-0.05, 0) is 36.4 Å². The molecule has 0 aliphatic carbocycles. The van der Waals surface area contributed by atoms with Gasteiger partial charge in [-0.15, -0.1) is 0 Å². The maximum absolute atomic E-state index is 12.6. The Morgan fingerprint density at radius 2 is 1.67 bits per heavy atom. The van der Waals surface area contributed by atoms with Crippen molar-refractivity contribution in [3.63, 3.8) is 0 Å². The number of ether oxygens (including phenoxy) is 1. The molecule has 36 heavy (non-hydrogen) atoms. The van der Waals surface area contributed by atoms with Crippen LogP contribution in [0.2, 0.25) is 5.02 Å². The lowest BCUT2D eigenvalue weighted by atomic mass is 10.2. The zero-order valence-electron chi connectivity index (χ0n) is 19.6. The molecular weight excluding hydrogens is 488 g/mol. The lowest BCUT2D eigenvalue weighted by molar-refractivity contribution is 0.123. The molecule has 0 amide bonds. The van der Waals surface area contributed by atoms with Crippen LogP contribution in [0.25, 0.3) is 16.7 Å². The van der Waals surface area contributed by atoms with Crippen LogP contribution >= 0.6 is 11.6 Å². The number of aromatic amines is 1. The molecule has 1 aliphatic rings. The summed E-state index contributed by atoms with van der Waals surface area (Å²) >= 11 is 5.93. The average molecular weight is 511 g/mol. The van der Waals surface area contributed by atoms with Crippen LogP contribution in [-0.2, 0) is 18.8 Å². The van der Waals surface area contributed by atoms with E-state index in [0.717, 1.165) is 15.8 Å². The molecule has 1 saturated heterocycles. The van der Waals surface area contributed by atoms with Crippen molar-refractivity contribution in [2.24, 2.45) is 19.1 Å². The number of nitrogens with zero attached hydrogens (tertiary/aromatic N) is 5. The smallest absolute Gasteiger partial charge is 0.335 e. The van der Waals surface area contributed by atoms with Gasteiger partial charge >= 0.3 is 11.4 Å². The topological polar surface area (TPSA) is 127 Å². The van der Waals surface area contributed by atoms with E-state index in [1.807, 2.05) is 6.07 Å². The number of aromatic hydroxyl groups is 1. The number of morpholine rings is 1. The van der Waals surface area contributed by atoms with Crippen LogP contribution in [-0.4, -0.2) is 56.3 Å². The Morgan fingerprint density at radius 3 is 2.33 bits per heavy atom. The number of halogens is 1. The number of H-pyrrole nitrogens is 1. The molecule has 11 nitrogen and oxygen atoms in total.